The Bertz CT molecular complexity index is 922. The molecule has 150 valence electrons. The van der Waals surface area contributed by atoms with Crippen molar-refractivity contribution in [2.45, 2.75) is 31.8 Å². The zero-order valence-electron chi connectivity index (χ0n) is 16.9. The molecule has 4 rings (SSSR count). The Balaban J connectivity index is 1.44. The van der Waals surface area contributed by atoms with Crippen LogP contribution in [0.3, 0.4) is 0 Å². The summed E-state index contributed by atoms with van der Waals surface area (Å²) in [6.07, 6.45) is 3.90. The second kappa shape index (κ2) is 9.05. The highest BCUT2D eigenvalue weighted by molar-refractivity contribution is 5.95. The van der Waals surface area contributed by atoms with Crippen molar-refractivity contribution < 1.29 is 4.79 Å². The fourth-order valence-electron chi connectivity index (χ4n) is 4.19. The van der Waals surface area contributed by atoms with Crippen LogP contribution in [0.15, 0.2) is 66.9 Å². The summed E-state index contributed by atoms with van der Waals surface area (Å²) in [6, 6.07) is 20.7. The number of carbonyl (C=O) groups excluding carboxylic acids is 1. The number of rotatable bonds is 6. The zero-order valence-corrected chi connectivity index (χ0v) is 16.9. The molecule has 0 spiro atoms. The number of aromatic amines is 1. The van der Waals surface area contributed by atoms with E-state index >= 15 is 0 Å². The van der Waals surface area contributed by atoms with Crippen LogP contribution in [0.25, 0.3) is 0 Å². The van der Waals surface area contributed by atoms with Crippen LogP contribution in [0.4, 0.5) is 0 Å². The first-order valence-corrected chi connectivity index (χ1v) is 10.3. The van der Waals surface area contributed by atoms with Crippen LogP contribution in [-0.2, 0) is 13.1 Å². The van der Waals surface area contributed by atoms with Gasteiger partial charge in [-0.25, -0.2) is 0 Å². The van der Waals surface area contributed by atoms with E-state index in [0.29, 0.717) is 18.0 Å². The molecule has 5 nitrogen and oxygen atoms in total. The average molecular weight is 389 g/mol. The molecule has 0 aliphatic carbocycles. The first-order valence-electron chi connectivity index (χ1n) is 10.3. The monoisotopic (exact) mass is 388 g/mol. The Morgan fingerprint density at radius 2 is 1.79 bits per heavy atom. The van der Waals surface area contributed by atoms with Gasteiger partial charge >= 0.3 is 0 Å². The molecule has 0 bridgehead atoms. The molecule has 5 heteroatoms. The number of benzene rings is 2. The predicted molar refractivity (Wildman–Crippen MR) is 115 cm³/mol. The third kappa shape index (κ3) is 4.74. The molecule has 2 aromatic carbocycles. The molecule has 0 saturated carbocycles. The fourth-order valence-corrected chi connectivity index (χ4v) is 4.19. The van der Waals surface area contributed by atoms with E-state index in [9.17, 15) is 4.79 Å². The lowest BCUT2D eigenvalue weighted by Gasteiger charge is -2.32. The van der Waals surface area contributed by atoms with Crippen molar-refractivity contribution in [3.8, 4) is 0 Å². The van der Waals surface area contributed by atoms with Crippen LogP contribution in [0, 0.1) is 0 Å². The smallest absolute Gasteiger partial charge is 0.257 e. The molecular weight excluding hydrogens is 360 g/mol. The Morgan fingerprint density at radius 3 is 2.52 bits per heavy atom. The fraction of sp³-hybridized carbons (Fsp3) is 0.333. The van der Waals surface area contributed by atoms with Gasteiger partial charge in [0.1, 0.15) is 0 Å². The quantitative estimate of drug-likeness (QED) is 0.693. The minimum Gasteiger partial charge on any atom is -0.337 e. The number of hydrogen-bond acceptors (Lipinski definition) is 3. The number of likely N-dealkylation sites (tertiary alicyclic amines) is 1. The summed E-state index contributed by atoms with van der Waals surface area (Å²) < 4.78 is 0. The molecule has 1 aromatic heterocycles. The predicted octanol–water partition coefficient (Wildman–Crippen LogP) is 4.06. The van der Waals surface area contributed by atoms with E-state index < -0.39 is 0 Å². The number of nitrogens with one attached hydrogen (secondary N) is 1. The van der Waals surface area contributed by atoms with E-state index in [0.717, 1.165) is 43.7 Å². The number of aromatic nitrogens is 2. The second-order valence-corrected chi connectivity index (χ2v) is 7.90. The van der Waals surface area contributed by atoms with Gasteiger partial charge in [-0.1, -0.05) is 60.7 Å². The van der Waals surface area contributed by atoms with Crippen LogP contribution in [0.5, 0.6) is 0 Å². The molecule has 2 heterocycles. The lowest BCUT2D eigenvalue weighted by molar-refractivity contribution is 0.0782. The van der Waals surface area contributed by atoms with E-state index in [4.69, 9.17) is 0 Å². The number of amides is 1. The Morgan fingerprint density at radius 1 is 1.10 bits per heavy atom. The molecule has 29 heavy (non-hydrogen) atoms. The molecule has 1 aliphatic rings. The first-order chi connectivity index (χ1) is 14.2. The van der Waals surface area contributed by atoms with Crippen molar-refractivity contribution >= 4 is 5.91 Å². The van der Waals surface area contributed by atoms with Gasteiger partial charge in [0.15, 0.2) is 0 Å². The maximum absolute atomic E-state index is 13.1. The molecule has 0 unspecified atom stereocenters. The minimum absolute atomic E-state index is 0.0257. The second-order valence-electron chi connectivity index (χ2n) is 7.90. The van der Waals surface area contributed by atoms with Gasteiger partial charge in [0.05, 0.1) is 17.5 Å². The summed E-state index contributed by atoms with van der Waals surface area (Å²) in [5.41, 5.74) is 4.14. The first kappa shape index (κ1) is 19.4. The average Bonchev–Trinajstić information content (AvgIpc) is 3.25. The summed E-state index contributed by atoms with van der Waals surface area (Å²) in [5.74, 6) is 0.330. The molecule has 3 aromatic rings. The van der Waals surface area contributed by atoms with Crippen molar-refractivity contribution in [1.82, 2.24) is 20.0 Å². The summed E-state index contributed by atoms with van der Waals surface area (Å²) in [5, 5.41) is 7.36. The summed E-state index contributed by atoms with van der Waals surface area (Å²) in [4.78, 5) is 17.3. The van der Waals surface area contributed by atoms with E-state index in [2.05, 4.69) is 45.4 Å². The largest absolute Gasteiger partial charge is 0.337 e. The third-order valence-corrected chi connectivity index (χ3v) is 5.67. The van der Waals surface area contributed by atoms with Crippen molar-refractivity contribution in [2.24, 2.45) is 0 Å². The molecule has 1 aliphatic heterocycles. The summed E-state index contributed by atoms with van der Waals surface area (Å²) >= 11 is 0. The number of piperidine rings is 1. The summed E-state index contributed by atoms with van der Waals surface area (Å²) in [7, 11) is 1.86. The van der Waals surface area contributed by atoms with Crippen LogP contribution >= 0.6 is 0 Å². The van der Waals surface area contributed by atoms with Gasteiger partial charge in [0.2, 0.25) is 0 Å². The van der Waals surface area contributed by atoms with Gasteiger partial charge in [0.25, 0.3) is 5.91 Å². The number of nitrogens with zero attached hydrogens (tertiary/aromatic N) is 3. The van der Waals surface area contributed by atoms with Crippen LogP contribution in [0.1, 0.15) is 45.9 Å². The van der Waals surface area contributed by atoms with Crippen molar-refractivity contribution in [1.29, 1.82) is 0 Å². The minimum atomic E-state index is 0.0257. The van der Waals surface area contributed by atoms with Gasteiger partial charge in [0, 0.05) is 32.6 Å². The molecular formula is C24H28N4O. The van der Waals surface area contributed by atoms with Gasteiger partial charge in [-0.15, -0.1) is 0 Å². The molecule has 1 saturated heterocycles. The highest BCUT2D eigenvalue weighted by atomic mass is 16.2. The number of hydrogen-bond donors (Lipinski definition) is 1. The zero-order chi connectivity index (χ0) is 20.1. The molecule has 0 radical (unpaired) electrons. The normalized spacial score (nSPS) is 17.2. The van der Waals surface area contributed by atoms with Crippen LogP contribution in [0.2, 0.25) is 0 Å². The summed E-state index contributed by atoms with van der Waals surface area (Å²) in [6.45, 7) is 3.58. The van der Waals surface area contributed by atoms with E-state index in [1.54, 1.807) is 11.1 Å². The Hall–Kier alpha value is -2.92. The third-order valence-electron chi connectivity index (χ3n) is 5.67. The van der Waals surface area contributed by atoms with Gasteiger partial charge in [-0.3, -0.25) is 14.8 Å². The highest BCUT2D eigenvalue weighted by Crippen LogP contribution is 2.29. The van der Waals surface area contributed by atoms with E-state index in [-0.39, 0.29) is 5.91 Å². The lowest BCUT2D eigenvalue weighted by atomic mass is 9.92. The highest BCUT2D eigenvalue weighted by Gasteiger charge is 2.28. The number of H-pyrrole nitrogens is 1. The molecule has 1 atom stereocenters. The van der Waals surface area contributed by atoms with Crippen LogP contribution in [-0.4, -0.2) is 46.0 Å². The molecule has 1 amide bonds. The van der Waals surface area contributed by atoms with Gasteiger partial charge in [-0.05, 0) is 30.5 Å². The maximum Gasteiger partial charge on any atom is 0.257 e. The Kier molecular flexibility index (Phi) is 6.06. The van der Waals surface area contributed by atoms with E-state index in [1.165, 1.54) is 5.56 Å². The lowest BCUT2D eigenvalue weighted by Crippen LogP contribution is -2.35. The SMILES string of the molecule is CN(Cc1ccccc1)C(=O)c1cn[nH]c1[C@H]1CCCN(Cc2ccccc2)C1. The molecule has 1 N–H and O–H groups in total. The maximum atomic E-state index is 13.1. The van der Waals surface area contributed by atoms with Crippen molar-refractivity contribution in [3.63, 3.8) is 0 Å². The van der Waals surface area contributed by atoms with Crippen molar-refractivity contribution in [3.05, 3.63) is 89.2 Å². The standard InChI is InChI=1S/C24H28N4O/c1-27(16-19-9-4-2-5-10-19)24(29)22-15-25-26-23(22)21-13-8-14-28(18-21)17-20-11-6-3-7-12-20/h2-7,9-12,15,21H,8,13-14,16-18H2,1H3,(H,25,26)/t21-/m0/s1. The molecule has 1 fully saturated rings. The van der Waals surface area contributed by atoms with Gasteiger partial charge < -0.3 is 4.90 Å². The van der Waals surface area contributed by atoms with Crippen LogP contribution < -0.4 is 0 Å². The van der Waals surface area contributed by atoms with Gasteiger partial charge in [-0.2, -0.15) is 5.10 Å². The van der Waals surface area contributed by atoms with E-state index in [1.807, 2.05) is 37.4 Å². The van der Waals surface area contributed by atoms with Crippen molar-refractivity contribution in [2.75, 3.05) is 20.1 Å². The Labute approximate surface area is 172 Å². The topological polar surface area (TPSA) is 52.2 Å². The number of carbonyl (C=O) groups is 1.